The van der Waals surface area contributed by atoms with Gasteiger partial charge < -0.3 is 25.2 Å². The summed E-state index contributed by atoms with van der Waals surface area (Å²) >= 11 is 0. The first kappa shape index (κ1) is 24.5. The standard InChI is InChI=1S/C24H43N5O/c1-5-25-24(26-14-7-8-16-29-19-17-28(6-2)18-20-29)27-15-13-21(3)22-9-11-23(30-4)12-10-22/h9-12,21H,5-8,13-20H2,1-4H3,(H2,25,26,27). The van der Waals surface area contributed by atoms with Gasteiger partial charge in [-0.25, -0.2) is 0 Å². The first-order valence-corrected chi connectivity index (χ1v) is 11.8. The molecule has 0 spiro atoms. The van der Waals surface area contributed by atoms with E-state index in [4.69, 9.17) is 9.73 Å². The lowest BCUT2D eigenvalue weighted by atomic mass is 9.98. The third-order valence-electron chi connectivity index (χ3n) is 5.96. The molecule has 0 aliphatic carbocycles. The predicted octanol–water partition coefficient (Wildman–Crippen LogP) is 3.16. The first-order chi connectivity index (χ1) is 14.7. The van der Waals surface area contributed by atoms with Crippen LogP contribution in [0.25, 0.3) is 0 Å². The molecule has 170 valence electrons. The number of hydrogen-bond donors (Lipinski definition) is 2. The molecule has 6 heteroatoms. The first-order valence-electron chi connectivity index (χ1n) is 11.8. The summed E-state index contributed by atoms with van der Waals surface area (Å²) in [7, 11) is 1.71. The van der Waals surface area contributed by atoms with Gasteiger partial charge >= 0.3 is 0 Å². The van der Waals surface area contributed by atoms with Crippen molar-refractivity contribution in [2.24, 2.45) is 4.99 Å². The minimum absolute atomic E-state index is 0.499. The van der Waals surface area contributed by atoms with Gasteiger partial charge in [-0.2, -0.15) is 0 Å². The Kier molecular flexibility index (Phi) is 11.6. The summed E-state index contributed by atoms with van der Waals surface area (Å²) in [5.41, 5.74) is 1.35. The molecule has 1 atom stereocenters. The fraction of sp³-hybridized carbons (Fsp3) is 0.708. The van der Waals surface area contributed by atoms with Crippen LogP contribution in [0.15, 0.2) is 29.3 Å². The fourth-order valence-corrected chi connectivity index (χ4v) is 3.82. The predicted molar refractivity (Wildman–Crippen MR) is 128 cm³/mol. The smallest absolute Gasteiger partial charge is 0.191 e. The van der Waals surface area contributed by atoms with Crippen molar-refractivity contribution in [3.8, 4) is 5.75 Å². The number of ether oxygens (including phenoxy) is 1. The second-order valence-corrected chi connectivity index (χ2v) is 8.13. The molecule has 0 bridgehead atoms. The summed E-state index contributed by atoms with van der Waals surface area (Å²) < 4.78 is 5.25. The highest BCUT2D eigenvalue weighted by molar-refractivity contribution is 5.79. The maximum absolute atomic E-state index is 5.25. The van der Waals surface area contributed by atoms with Crippen LogP contribution >= 0.6 is 0 Å². The van der Waals surface area contributed by atoms with E-state index in [1.807, 2.05) is 12.1 Å². The normalized spacial score (nSPS) is 17.0. The van der Waals surface area contributed by atoms with E-state index in [2.05, 4.69) is 53.3 Å². The van der Waals surface area contributed by atoms with Gasteiger partial charge in [0.05, 0.1) is 7.11 Å². The molecule has 0 amide bonds. The Morgan fingerprint density at radius 1 is 1.03 bits per heavy atom. The van der Waals surface area contributed by atoms with Crippen molar-refractivity contribution in [2.45, 2.75) is 46.0 Å². The molecular weight excluding hydrogens is 374 g/mol. The molecule has 0 aromatic heterocycles. The van der Waals surface area contributed by atoms with Crippen molar-refractivity contribution < 1.29 is 4.74 Å². The molecule has 6 nitrogen and oxygen atoms in total. The van der Waals surface area contributed by atoms with Crippen LogP contribution in [0.1, 0.15) is 51.5 Å². The lowest BCUT2D eigenvalue weighted by Crippen LogP contribution is -2.46. The molecule has 30 heavy (non-hydrogen) atoms. The third kappa shape index (κ3) is 8.92. The molecule has 1 aliphatic rings. The van der Waals surface area contributed by atoms with Crippen molar-refractivity contribution >= 4 is 5.96 Å². The highest BCUT2D eigenvalue weighted by atomic mass is 16.5. The Morgan fingerprint density at radius 3 is 2.37 bits per heavy atom. The summed E-state index contributed by atoms with van der Waals surface area (Å²) in [5, 5.41) is 6.86. The monoisotopic (exact) mass is 417 g/mol. The van der Waals surface area contributed by atoms with Crippen molar-refractivity contribution in [1.82, 2.24) is 20.4 Å². The van der Waals surface area contributed by atoms with Gasteiger partial charge in [0.2, 0.25) is 0 Å². The highest BCUT2D eigenvalue weighted by Crippen LogP contribution is 2.21. The Hall–Kier alpha value is -1.79. The average molecular weight is 418 g/mol. The second kappa shape index (κ2) is 14.3. The third-order valence-corrected chi connectivity index (χ3v) is 5.96. The van der Waals surface area contributed by atoms with Crippen molar-refractivity contribution in [2.75, 3.05) is 66.0 Å². The number of benzene rings is 1. The van der Waals surface area contributed by atoms with Crippen molar-refractivity contribution in [3.05, 3.63) is 29.8 Å². The molecular formula is C24H43N5O. The van der Waals surface area contributed by atoms with Crippen LogP contribution in [0.2, 0.25) is 0 Å². The van der Waals surface area contributed by atoms with E-state index in [9.17, 15) is 0 Å². The maximum atomic E-state index is 5.25. The van der Waals surface area contributed by atoms with Gasteiger partial charge in [-0.1, -0.05) is 26.0 Å². The average Bonchev–Trinajstić information content (AvgIpc) is 2.79. The van der Waals surface area contributed by atoms with E-state index >= 15 is 0 Å². The van der Waals surface area contributed by atoms with Crippen LogP contribution in [-0.4, -0.2) is 81.8 Å². The van der Waals surface area contributed by atoms with Gasteiger partial charge in [0, 0.05) is 45.8 Å². The number of hydrogen-bond acceptors (Lipinski definition) is 4. The number of guanidine groups is 1. The van der Waals surface area contributed by atoms with Crippen LogP contribution in [0.4, 0.5) is 0 Å². The summed E-state index contributed by atoms with van der Waals surface area (Å²) in [6, 6.07) is 8.39. The molecule has 1 unspecified atom stereocenters. The Labute approximate surface area is 184 Å². The zero-order chi connectivity index (χ0) is 21.6. The number of rotatable bonds is 12. The summed E-state index contributed by atoms with van der Waals surface area (Å²) in [4.78, 5) is 9.89. The van der Waals surface area contributed by atoms with Crippen LogP contribution in [0, 0.1) is 0 Å². The van der Waals surface area contributed by atoms with Gasteiger partial charge in [-0.15, -0.1) is 0 Å². The molecule has 1 heterocycles. The molecule has 0 radical (unpaired) electrons. The van der Waals surface area contributed by atoms with Crippen molar-refractivity contribution in [3.63, 3.8) is 0 Å². The minimum atomic E-state index is 0.499. The molecule has 1 saturated heterocycles. The number of unbranched alkanes of at least 4 members (excludes halogenated alkanes) is 1. The van der Waals surface area contributed by atoms with E-state index in [-0.39, 0.29) is 0 Å². The van der Waals surface area contributed by atoms with Gasteiger partial charge in [-0.3, -0.25) is 4.99 Å². The van der Waals surface area contributed by atoms with Crippen LogP contribution in [0.5, 0.6) is 5.75 Å². The Bertz CT molecular complexity index is 596. The molecule has 1 aromatic rings. The van der Waals surface area contributed by atoms with Gasteiger partial charge in [0.25, 0.3) is 0 Å². The fourth-order valence-electron chi connectivity index (χ4n) is 3.82. The number of nitrogens with zero attached hydrogens (tertiary/aromatic N) is 3. The number of nitrogens with one attached hydrogen (secondary N) is 2. The van der Waals surface area contributed by atoms with E-state index < -0.39 is 0 Å². The van der Waals surface area contributed by atoms with Crippen LogP contribution < -0.4 is 15.4 Å². The minimum Gasteiger partial charge on any atom is -0.497 e. The van der Waals surface area contributed by atoms with Crippen molar-refractivity contribution in [1.29, 1.82) is 0 Å². The molecule has 1 aliphatic heterocycles. The largest absolute Gasteiger partial charge is 0.497 e. The number of piperazine rings is 1. The second-order valence-electron chi connectivity index (χ2n) is 8.13. The van der Waals surface area contributed by atoms with E-state index in [1.54, 1.807) is 7.11 Å². The number of aliphatic imine (C=N–C) groups is 1. The molecule has 2 N–H and O–H groups in total. The highest BCUT2D eigenvalue weighted by Gasteiger charge is 2.14. The van der Waals surface area contributed by atoms with Crippen LogP contribution in [0.3, 0.4) is 0 Å². The maximum Gasteiger partial charge on any atom is 0.191 e. The quantitative estimate of drug-likeness (QED) is 0.311. The van der Waals surface area contributed by atoms with Gasteiger partial charge in [0.1, 0.15) is 5.75 Å². The van der Waals surface area contributed by atoms with Gasteiger partial charge in [0.15, 0.2) is 5.96 Å². The molecule has 2 rings (SSSR count). The SMILES string of the molecule is CCNC(=NCCCCN1CCN(CC)CC1)NCCC(C)c1ccc(OC)cc1. The molecule has 1 aromatic carbocycles. The van der Waals surface area contributed by atoms with E-state index in [0.29, 0.717) is 5.92 Å². The Balaban J connectivity index is 1.63. The van der Waals surface area contributed by atoms with E-state index in [0.717, 1.165) is 44.2 Å². The molecule has 1 fully saturated rings. The summed E-state index contributed by atoms with van der Waals surface area (Å²) in [6.45, 7) is 16.6. The lowest BCUT2D eigenvalue weighted by Gasteiger charge is -2.33. The summed E-state index contributed by atoms with van der Waals surface area (Å²) in [5.74, 6) is 2.35. The summed E-state index contributed by atoms with van der Waals surface area (Å²) in [6.07, 6.45) is 3.44. The number of methoxy groups -OCH3 is 1. The topological polar surface area (TPSA) is 52.1 Å². The zero-order valence-electron chi connectivity index (χ0n) is 19.6. The number of likely N-dealkylation sites (N-methyl/N-ethyl adjacent to an activating group) is 1. The van der Waals surface area contributed by atoms with E-state index in [1.165, 1.54) is 51.3 Å². The molecule has 0 saturated carbocycles. The zero-order valence-corrected chi connectivity index (χ0v) is 19.6. The lowest BCUT2D eigenvalue weighted by molar-refractivity contribution is 0.136. The van der Waals surface area contributed by atoms with Gasteiger partial charge in [-0.05, 0) is 62.9 Å². The Morgan fingerprint density at radius 2 is 1.73 bits per heavy atom. The van der Waals surface area contributed by atoms with Crippen LogP contribution in [-0.2, 0) is 0 Å².